The molecule has 1 aliphatic rings. The Bertz CT molecular complexity index is 422. The van der Waals surface area contributed by atoms with Gasteiger partial charge in [0.15, 0.2) is 4.67 Å². The van der Waals surface area contributed by atoms with Gasteiger partial charge in [-0.2, -0.15) is 0 Å². The average Bonchev–Trinajstić information content (AvgIpc) is 2.83. The maximum absolute atomic E-state index is 12.3. The van der Waals surface area contributed by atoms with Crippen molar-refractivity contribution in [3.05, 3.63) is 22.6 Å². The molecule has 2 rings (SSSR count). The van der Waals surface area contributed by atoms with E-state index >= 15 is 0 Å². The number of nitrogens with zero attached hydrogens (tertiary/aromatic N) is 1. The van der Waals surface area contributed by atoms with Crippen LogP contribution in [0.5, 0.6) is 0 Å². The second-order valence-electron chi connectivity index (χ2n) is 4.95. The zero-order chi connectivity index (χ0) is 12.6. The Morgan fingerprint density at radius 1 is 1.65 bits per heavy atom. The van der Waals surface area contributed by atoms with E-state index in [9.17, 15) is 9.90 Å². The topological polar surface area (TPSA) is 53.7 Å². The van der Waals surface area contributed by atoms with Gasteiger partial charge in [0.25, 0.3) is 5.91 Å². The van der Waals surface area contributed by atoms with Gasteiger partial charge in [-0.25, -0.2) is 0 Å². The van der Waals surface area contributed by atoms with E-state index < -0.39 is 5.60 Å². The molecule has 1 aromatic rings. The molecule has 1 fully saturated rings. The lowest BCUT2D eigenvalue weighted by molar-refractivity contribution is 0.000307. The molecule has 5 heteroatoms. The van der Waals surface area contributed by atoms with Crippen LogP contribution in [-0.2, 0) is 0 Å². The molecular weight excluding hydrogens is 286 g/mol. The van der Waals surface area contributed by atoms with E-state index in [1.54, 1.807) is 24.8 Å². The number of aliphatic hydroxyl groups is 1. The third-order valence-corrected chi connectivity index (χ3v) is 3.56. The molecule has 0 aliphatic carbocycles. The van der Waals surface area contributed by atoms with Crippen molar-refractivity contribution in [3.63, 3.8) is 0 Å². The Hall–Kier alpha value is -0.810. The molecule has 1 aromatic heterocycles. The molecule has 94 valence electrons. The summed E-state index contributed by atoms with van der Waals surface area (Å²) in [6.45, 7) is 4.18. The lowest BCUT2D eigenvalue weighted by atomic mass is 9.96. The van der Waals surface area contributed by atoms with Gasteiger partial charge in [0.05, 0.1) is 17.2 Å². The normalized spacial score (nSPS) is 20.9. The first-order valence-electron chi connectivity index (χ1n) is 5.67. The van der Waals surface area contributed by atoms with Crippen LogP contribution in [0.2, 0.25) is 0 Å². The zero-order valence-corrected chi connectivity index (χ0v) is 11.5. The summed E-state index contributed by atoms with van der Waals surface area (Å²) in [6.07, 6.45) is 3.21. The molecule has 17 heavy (non-hydrogen) atoms. The summed E-state index contributed by atoms with van der Waals surface area (Å²) >= 11 is 3.18. The highest BCUT2D eigenvalue weighted by Gasteiger charge is 2.38. The monoisotopic (exact) mass is 301 g/mol. The summed E-state index contributed by atoms with van der Waals surface area (Å²) in [5, 5.41) is 10.1. The number of carbonyl (C=O) groups excluding carboxylic acids is 1. The fourth-order valence-corrected chi connectivity index (χ4v) is 2.67. The molecule has 0 radical (unpaired) electrons. The lowest BCUT2D eigenvalue weighted by Crippen LogP contribution is -2.48. The summed E-state index contributed by atoms with van der Waals surface area (Å²) in [5.41, 5.74) is -0.347. The van der Waals surface area contributed by atoms with Gasteiger partial charge in [0, 0.05) is 12.6 Å². The van der Waals surface area contributed by atoms with E-state index in [1.807, 2.05) is 0 Å². The van der Waals surface area contributed by atoms with Gasteiger partial charge in [0.1, 0.15) is 6.26 Å². The molecule has 0 aromatic carbocycles. The van der Waals surface area contributed by atoms with Gasteiger partial charge in [-0.1, -0.05) is 0 Å². The third-order valence-electron chi connectivity index (χ3n) is 3.14. The number of furan rings is 1. The van der Waals surface area contributed by atoms with Gasteiger partial charge in [0.2, 0.25) is 0 Å². The van der Waals surface area contributed by atoms with Crippen molar-refractivity contribution in [2.75, 3.05) is 6.54 Å². The maximum Gasteiger partial charge on any atom is 0.257 e. The number of rotatable bonds is 2. The van der Waals surface area contributed by atoms with Crippen molar-refractivity contribution in [3.8, 4) is 0 Å². The molecular formula is C12H16BrNO3. The largest absolute Gasteiger partial charge is 0.457 e. The van der Waals surface area contributed by atoms with Crippen LogP contribution in [0.15, 0.2) is 21.4 Å². The Labute approximate surface area is 109 Å². The van der Waals surface area contributed by atoms with Crippen LogP contribution >= 0.6 is 15.9 Å². The van der Waals surface area contributed by atoms with E-state index in [-0.39, 0.29) is 11.9 Å². The summed E-state index contributed by atoms with van der Waals surface area (Å²) in [5.74, 6) is -0.0796. The predicted molar refractivity (Wildman–Crippen MR) is 66.8 cm³/mol. The van der Waals surface area contributed by atoms with E-state index in [4.69, 9.17) is 4.42 Å². The van der Waals surface area contributed by atoms with Crippen LogP contribution < -0.4 is 0 Å². The van der Waals surface area contributed by atoms with Crippen LogP contribution in [0.1, 0.15) is 37.0 Å². The van der Waals surface area contributed by atoms with Crippen LogP contribution in [0.25, 0.3) is 0 Å². The van der Waals surface area contributed by atoms with Crippen molar-refractivity contribution >= 4 is 21.8 Å². The molecule has 1 amide bonds. The summed E-state index contributed by atoms with van der Waals surface area (Å²) in [4.78, 5) is 14.0. The highest BCUT2D eigenvalue weighted by molar-refractivity contribution is 9.10. The first kappa shape index (κ1) is 12.6. The molecule has 1 atom stereocenters. The fourth-order valence-electron chi connectivity index (χ4n) is 2.33. The lowest BCUT2D eigenvalue weighted by Gasteiger charge is -2.33. The number of halogens is 1. The molecule has 1 aliphatic heterocycles. The van der Waals surface area contributed by atoms with Gasteiger partial charge in [-0.3, -0.25) is 4.79 Å². The third kappa shape index (κ3) is 2.55. The van der Waals surface area contributed by atoms with E-state index in [0.29, 0.717) is 16.8 Å². The molecule has 2 heterocycles. The fraction of sp³-hybridized carbons (Fsp3) is 0.583. The molecule has 1 unspecified atom stereocenters. The second kappa shape index (κ2) is 4.46. The van der Waals surface area contributed by atoms with E-state index in [0.717, 1.165) is 12.8 Å². The zero-order valence-electron chi connectivity index (χ0n) is 9.94. The van der Waals surface area contributed by atoms with E-state index in [1.165, 1.54) is 6.26 Å². The minimum Gasteiger partial charge on any atom is -0.457 e. The van der Waals surface area contributed by atoms with Crippen molar-refractivity contribution in [2.45, 2.75) is 38.3 Å². The Kier molecular flexibility index (Phi) is 3.32. The number of hydrogen-bond donors (Lipinski definition) is 1. The number of amides is 1. The molecule has 1 N–H and O–H groups in total. The standard InChI is InChI=1S/C12H16BrNO3/c1-12(2,16)9-4-3-5-14(9)11(15)8-6-10(13)17-7-8/h6-7,9,16H,3-5H2,1-2H3. The average molecular weight is 302 g/mol. The van der Waals surface area contributed by atoms with Crippen LogP contribution in [0.4, 0.5) is 0 Å². The van der Waals surface area contributed by atoms with Crippen LogP contribution in [0.3, 0.4) is 0 Å². The first-order valence-corrected chi connectivity index (χ1v) is 6.46. The van der Waals surface area contributed by atoms with Crippen molar-refractivity contribution in [2.24, 2.45) is 0 Å². The first-order chi connectivity index (χ1) is 7.89. The van der Waals surface area contributed by atoms with Gasteiger partial charge in [-0.05, 0) is 42.6 Å². The molecule has 0 bridgehead atoms. The van der Waals surface area contributed by atoms with Crippen molar-refractivity contribution < 1.29 is 14.3 Å². The highest BCUT2D eigenvalue weighted by atomic mass is 79.9. The maximum atomic E-state index is 12.3. The number of likely N-dealkylation sites (tertiary alicyclic amines) is 1. The quantitative estimate of drug-likeness (QED) is 0.913. The molecule has 0 spiro atoms. The van der Waals surface area contributed by atoms with Gasteiger partial charge in [-0.15, -0.1) is 0 Å². The Balaban J connectivity index is 2.19. The van der Waals surface area contributed by atoms with Gasteiger partial charge >= 0.3 is 0 Å². The summed E-state index contributed by atoms with van der Waals surface area (Å²) < 4.78 is 5.61. The minimum atomic E-state index is -0.868. The van der Waals surface area contributed by atoms with E-state index in [2.05, 4.69) is 15.9 Å². The molecule has 1 saturated heterocycles. The summed E-state index contributed by atoms with van der Waals surface area (Å²) in [7, 11) is 0. The smallest absolute Gasteiger partial charge is 0.257 e. The van der Waals surface area contributed by atoms with Crippen molar-refractivity contribution in [1.29, 1.82) is 0 Å². The Morgan fingerprint density at radius 2 is 2.35 bits per heavy atom. The SMILES string of the molecule is CC(C)(O)C1CCCN1C(=O)c1coc(Br)c1. The van der Waals surface area contributed by atoms with Crippen molar-refractivity contribution in [1.82, 2.24) is 4.90 Å². The number of carbonyl (C=O) groups is 1. The highest BCUT2D eigenvalue weighted by Crippen LogP contribution is 2.28. The van der Waals surface area contributed by atoms with Crippen LogP contribution in [-0.4, -0.2) is 34.1 Å². The number of hydrogen-bond acceptors (Lipinski definition) is 3. The summed E-state index contributed by atoms with van der Waals surface area (Å²) in [6, 6.07) is 1.53. The minimum absolute atomic E-state index is 0.0796. The Morgan fingerprint density at radius 3 is 2.88 bits per heavy atom. The van der Waals surface area contributed by atoms with Gasteiger partial charge < -0.3 is 14.4 Å². The predicted octanol–water partition coefficient (Wildman–Crippen LogP) is 2.42. The molecule has 0 saturated carbocycles. The van der Waals surface area contributed by atoms with Crippen LogP contribution in [0, 0.1) is 0 Å². The molecule has 4 nitrogen and oxygen atoms in total. The second-order valence-corrected chi connectivity index (χ2v) is 5.73.